The number of carbonyl (C=O) groups is 1. The molecule has 0 aliphatic carbocycles. The van der Waals surface area contributed by atoms with Crippen molar-refractivity contribution in [3.05, 3.63) is 0 Å². The van der Waals surface area contributed by atoms with Crippen LogP contribution >= 0.6 is 0 Å². The monoisotopic (exact) mass is 239 g/mol. The Bertz CT molecular complexity index is 287. The van der Waals surface area contributed by atoms with Crippen molar-refractivity contribution >= 4 is 16.2 Å². The fraction of sp³-hybridized carbons (Fsp3) is 0.875. The van der Waals surface area contributed by atoms with Gasteiger partial charge in [-0.1, -0.05) is 6.92 Å². The molecule has 0 aliphatic rings. The van der Waals surface area contributed by atoms with Crippen LogP contribution in [0, 0.1) is 0 Å². The van der Waals surface area contributed by atoms with E-state index in [1.54, 1.807) is 0 Å². The van der Waals surface area contributed by atoms with Crippen molar-refractivity contribution in [2.45, 2.75) is 26.2 Å². The SMILES string of the molecule is CCCN(CCCCS(=O)(=O)O)C(=O)O. The lowest BCUT2D eigenvalue weighted by Crippen LogP contribution is -2.31. The highest BCUT2D eigenvalue weighted by atomic mass is 32.2. The van der Waals surface area contributed by atoms with Crippen LogP contribution in [0.5, 0.6) is 0 Å². The molecule has 7 heteroatoms. The number of unbranched alkanes of at least 4 members (excludes halogenated alkanes) is 1. The Balaban J connectivity index is 3.77. The van der Waals surface area contributed by atoms with Gasteiger partial charge in [-0.25, -0.2) is 4.79 Å². The van der Waals surface area contributed by atoms with Crippen molar-refractivity contribution in [1.29, 1.82) is 0 Å². The normalized spacial score (nSPS) is 11.3. The van der Waals surface area contributed by atoms with Gasteiger partial charge in [0.2, 0.25) is 0 Å². The maximum absolute atomic E-state index is 10.6. The molecule has 0 aromatic rings. The van der Waals surface area contributed by atoms with Gasteiger partial charge in [0.15, 0.2) is 0 Å². The highest BCUT2D eigenvalue weighted by Gasteiger charge is 2.10. The van der Waals surface area contributed by atoms with Crippen molar-refractivity contribution in [2.75, 3.05) is 18.8 Å². The zero-order valence-corrected chi connectivity index (χ0v) is 9.53. The molecule has 0 unspecified atom stereocenters. The quantitative estimate of drug-likeness (QED) is 0.511. The largest absolute Gasteiger partial charge is 0.465 e. The summed E-state index contributed by atoms with van der Waals surface area (Å²) in [6.07, 6.45) is 0.437. The van der Waals surface area contributed by atoms with Crippen LogP contribution in [-0.2, 0) is 10.1 Å². The summed E-state index contributed by atoms with van der Waals surface area (Å²) in [5.41, 5.74) is 0. The van der Waals surface area contributed by atoms with Crippen LogP contribution in [0.1, 0.15) is 26.2 Å². The molecule has 15 heavy (non-hydrogen) atoms. The molecule has 0 saturated carbocycles. The van der Waals surface area contributed by atoms with Crippen LogP contribution < -0.4 is 0 Å². The summed E-state index contributed by atoms with van der Waals surface area (Å²) in [7, 11) is -3.92. The third kappa shape index (κ3) is 8.19. The summed E-state index contributed by atoms with van der Waals surface area (Å²) < 4.78 is 29.2. The second-order valence-electron chi connectivity index (χ2n) is 3.26. The molecule has 0 aliphatic heterocycles. The lowest BCUT2D eigenvalue weighted by atomic mass is 10.3. The summed E-state index contributed by atoms with van der Waals surface area (Å²) in [5.74, 6) is -0.313. The average Bonchev–Trinajstić information content (AvgIpc) is 2.08. The fourth-order valence-electron chi connectivity index (χ4n) is 1.16. The van der Waals surface area contributed by atoms with E-state index in [9.17, 15) is 13.2 Å². The highest BCUT2D eigenvalue weighted by Crippen LogP contribution is 1.99. The Morgan fingerprint density at radius 2 is 1.87 bits per heavy atom. The molecule has 1 amide bonds. The van der Waals surface area contributed by atoms with Crippen molar-refractivity contribution in [3.8, 4) is 0 Å². The Morgan fingerprint density at radius 1 is 1.27 bits per heavy atom. The third-order valence-corrected chi connectivity index (χ3v) is 2.65. The smallest absolute Gasteiger partial charge is 0.407 e. The molecule has 2 N–H and O–H groups in total. The van der Waals surface area contributed by atoms with Gasteiger partial charge in [-0.15, -0.1) is 0 Å². The van der Waals surface area contributed by atoms with Gasteiger partial charge in [-0.2, -0.15) is 8.42 Å². The maximum Gasteiger partial charge on any atom is 0.407 e. The van der Waals surface area contributed by atoms with E-state index in [2.05, 4.69) is 0 Å². The number of rotatable bonds is 7. The maximum atomic E-state index is 10.6. The van der Waals surface area contributed by atoms with E-state index in [1.807, 2.05) is 6.92 Å². The van der Waals surface area contributed by atoms with E-state index in [0.29, 0.717) is 19.5 Å². The van der Waals surface area contributed by atoms with E-state index in [4.69, 9.17) is 9.66 Å². The lowest BCUT2D eigenvalue weighted by molar-refractivity contribution is 0.144. The van der Waals surface area contributed by atoms with Crippen molar-refractivity contribution in [3.63, 3.8) is 0 Å². The Morgan fingerprint density at radius 3 is 2.27 bits per heavy atom. The van der Waals surface area contributed by atoms with Crippen molar-refractivity contribution in [2.24, 2.45) is 0 Å². The van der Waals surface area contributed by atoms with E-state index < -0.39 is 16.2 Å². The molecule has 0 aromatic carbocycles. The molecule has 0 fully saturated rings. The van der Waals surface area contributed by atoms with Crippen LogP contribution in [0.4, 0.5) is 4.79 Å². The number of hydrogen-bond donors (Lipinski definition) is 2. The van der Waals surface area contributed by atoms with Crippen LogP contribution in [0.2, 0.25) is 0 Å². The van der Waals surface area contributed by atoms with E-state index >= 15 is 0 Å². The zero-order valence-electron chi connectivity index (χ0n) is 8.72. The summed E-state index contributed by atoms with van der Waals surface area (Å²) in [6, 6.07) is 0. The molecule has 6 nitrogen and oxygen atoms in total. The Labute approximate surface area is 89.6 Å². The molecule has 0 heterocycles. The first-order chi connectivity index (χ1) is 6.87. The first kappa shape index (κ1) is 14.2. The molecular formula is C8H17NO5S. The summed E-state index contributed by atoms with van der Waals surface area (Å²) in [4.78, 5) is 11.9. The number of carboxylic acid groups (broad SMARTS) is 1. The van der Waals surface area contributed by atoms with Gasteiger partial charge in [0.05, 0.1) is 5.75 Å². The van der Waals surface area contributed by atoms with E-state index in [1.165, 1.54) is 4.90 Å². The minimum atomic E-state index is -3.92. The predicted octanol–water partition coefficient (Wildman–Crippen LogP) is 1.04. The van der Waals surface area contributed by atoms with Crippen LogP contribution in [0.25, 0.3) is 0 Å². The molecule has 0 radical (unpaired) electrons. The molecular weight excluding hydrogens is 222 g/mol. The fourth-order valence-corrected chi connectivity index (χ4v) is 1.73. The molecule has 0 saturated heterocycles. The molecule has 0 atom stereocenters. The van der Waals surface area contributed by atoms with Gasteiger partial charge >= 0.3 is 6.09 Å². The Kier molecular flexibility index (Phi) is 6.26. The summed E-state index contributed by atoms with van der Waals surface area (Å²) in [5, 5.41) is 8.72. The summed E-state index contributed by atoms with van der Waals surface area (Å²) >= 11 is 0. The molecule has 0 aromatic heterocycles. The number of nitrogens with zero attached hydrogens (tertiary/aromatic N) is 1. The molecule has 0 bridgehead atoms. The van der Waals surface area contributed by atoms with Crippen LogP contribution in [0.3, 0.4) is 0 Å². The zero-order chi connectivity index (χ0) is 11.9. The van der Waals surface area contributed by atoms with Crippen LogP contribution in [0.15, 0.2) is 0 Å². The van der Waals surface area contributed by atoms with Crippen molar-refractivity contribution in [1.82, 2.24) is 4.90 Å². The van der Waals surface area contributed by atoms with Gasteiger partial charge < -0.3 is 10.0 Å². The topological polar surface area (TPSA) is 94.9 Å². The standard InChI is InChI=1S/C8H17NO5S/c1-2-5-9(8(10)11)6-3-4-7-15(12,13)14/h2-7H2,1H3,(H,10,11)(H,12,13,14). The second kappa shape index (κ2) is 6.62. The predicted molar refractivity (Wildman–Crippen MR) is 55.5 cm³/mol. The van der Waals surface area contributed by atoms with E-state index in [0.717, 1.165) is 6.42 Å². The van der Waals surface area contributed by atoms with Gasteiger partial charge in [0.1, 0.15) is 0 Å². The minimum absolute atomic E-state index is 0.270. The molecule has 0 rings (SSSR count). The Hall–Kier alpha value is -0.820. The van der Waals surface area contributed by atoms with Gasteiger partial charge in [0.25, 0.3) is 10.1 Å². The van der Waals surface area contributed by atoms with Gasteiger partial charge in [-0.05, 0) is 19.3 Å². The number of amides is 1. The van der Waals surface area contributed by atoms with Crippen molar-refractivity contribution < 1.29 is 22.9 Å². The summed E-state index contributed by atoms with van der Waals surface area (Å²) in [6.45, 7) is 2.62. The lowest BCUT2D eigenvalue weighted by Gasteiger charge is -2.17. The average molecular weight is 239 g/mol. The first-order valence-corrected chi connectivity index (χ1v) is 6.40. The second-order valence-corrected chi connectivity index (χ2v) is 4.83. The van der Waals surface area contributed by atoms with E-state index in [-0.39, 0.29) is 12.2 Å². The van der Waals surface area contributed by atoms with Gasteiger partial charge in [-0.3, -0.25) is 4.55 Å². The molecule has 0 spiro atoms. The highest BCUT2D eigenvalue weighted by molar-refractivity contribution is 7.85. The van der Waals surface area contributed by atoms with Gasteiger partial charge in [0, 0.05) is 13.1 Å². The number of hydrogen-bond acceptors (Lipinski definition) is 3. The minimum Gasteiger partial charge on any atom is -0.465 e. The molecule has 90 valence electrons. The third-order valence-electron chi connectivity index (χ3n) is 1.84. The van der Waals surface area contributed by atoms with Crippen LogP contribution in [-0.4, -0.2) is 47.9 Å². The first-order valence-electron chi connectivity index (χ1n) is 4.80.